The van der Waals surface area contributed by atoms with Crippen LogP contribution in [0.3, 0.4) is 0 Å². The second-order valence-corrected chi connectivity index (χ2v) is 5.63. The van der Waals surface area contributed by atoms with Crippen LogP contribution in [0.5, 0.6) is 0 Å². The van der Waals surface area contributed by atoms with Crippen molar-refractivity contribution in [3.63, 3.8) is 0 Å². The van der Waals surface area contributed by atoms with Crippen LogP contribution in [0.2, 0.25) is 0 Å². The molecule has 15 heavy (non-hydrogen) atoms. The molecule has 1 aliphatic rings. The van der Waals surface area contributed by atoms with Gasteiger partial charge in [-0.3, -0.25) is 0 Å². The Morgan fingerprint density at radius 1 is 1.53 bits per heavy atom. The minimum atomic E-state index is -3.45. The van der Waals surface area contributed by atoms with Crippen LogP contribution in [0, 0.1) is 5.82 Å². The van der Waals surface area contributed by atoms with Gasteiger partial charge >= 0.3 is 0 Å². The second-order valence-electron chi connectivity index (χ2n) is 3.50. The van der Waals surface area contributed by atoms with Gasteiger partial charge in [0.25, 0.3) is 0 Å². The summed E-state index contributed by atoms with van der Waals surface area (Å²) in [6, 6.07) is 5.05. The summed E-state index contributed by atoms with van der Waals surface area (Å²) >= 11 is 0. The number of hydrogen-bond acceptors (Lipinski definition) is 4. The first kappa shape index (κ1) is 10.5. The molecule has 0 amide bonds. The molecule has 1 aromatic rings. The lowest BCUT2D eigenvalue weighted by molar-refractivity contribution is 0.116. The molecule has 4 nitrogen and oxygen atoms in total. The summed E-state index contributed by atoms with van der Waals surface area (Å²) in [6.07, 6.45) is 0. The highest BCUT2D eigenvalue weighted by atomic mass is 32.2. The lowest BCUT2D eigenvalue weighted by atomic mass is 10.3. The summed E-state index contributed by atoms with van der Waals surface area (Å²) in [5, 5.41) is 1.03. The highest BCUT2D eigenvalue weighted by molar-refractivity contribution is 7.92. The van der Waals surface area contributed by atoms with Crippen LogP contribution in [-0.4, -0.2) is 32.4 Å². The number of hydrazine groups is 1. The fourth-order valence-corrected chi connectivity index (χ4v) is 3.06. The number of rotatable bonds is 2. The van der Waals surface area contributed by atoms with E-state index in [-0.39, 0.29) is 4.90 Å². The van der Waals surface area contributed by atoms with Crippen molar-refractivity contribution < 1.29 is 12.8 Å². The average Bonchev–Trinajstić information content (AvgIpc) is 2.13. The Labute approximate surface area is 87.6 Å². The van der Waals surface area contributed by atoms with Crippen molar-refractivity contribution >= 4 is 9.84 Å². The predicted octanol–water partition coefficient (Wildman–Crippen LogP) is 0.375. The van der Waals surface area contributed by atoms with Gasteiger partial charge in [-0.2, -0.15) is 0 Å². The largest absolute Gasteiger partial charge is 0.244 e. The smallest absolute Gasteiger partial charge is 0.196 e. The van der Waals surface area contributed by atoms with Crippen LogP contribution in [-0.2, 0) is 9.84 Å². The molecule has 1 atom stereocenters. The molecule has 6 heteroatoms. The molecule has 1 saturated heterocycles. The molecule has 0 bridgehead atoms. The molecule has 82 valence electrons. The van der Waals surface area contributed by atoms with Crippen LogP contribution in [0.1, 0.15) is 0 Å². The van der Waals surface area contributed by atoms with Gasteiger partial charge in [0.05, 0.1) is 4.90 Å². The summed E-state index contributed by atoms with van der Waals surface area (Å²) in [5.41, 5.74) is 2.72. The Balaban J connectivity index is 2.30. The molecule has 0 radical (unpaired) electrons. The molecule has 2 rings (SSSR count). The summed E-state index contributed by atoms with van der Waals surface area (Å²) in [5.74, 6) is -0.538. The van der Waals surface area contributed by atoms with E-state index in [1.54, 1.807) is 12.1 Å². The Morgan fingerprint density at radius 3 is 2.73 bits per heavy atom. The van der Waals surface area contributed by atoms with E-state index in [2.05, 4.69) is 5.43 Å². The van der Waals surface area contributed by atoms with Crippen LogP contribution in [0.4, 0.5) is 4.39 Å². The minimum Gasteiger partial charge on any atom is -0.244 e. The van der Waals surface area contributed by atoms with E-state index in [0.717, 1.165) is 6.07 Å². The highest BCUT2D eigenvalue weighted by Gasteiger charge is 2.35. The van der Waals surface area contributed by atoms with E-state index in [1.807, 2.05) is 0 Å². The third kappa shape index (κ3) is 1.88. The third-order valence-corrected chi connectivity index (χ3v) is 4.22. The molecule has 1 aromatic carbocycles. The van der Waals surface area contributed by atoms with Crippen molar-refractivity contribution in [1.29, 1.82) is 0 Å². The molecule has 1 unspecified atom stereocenters. The second kappa shape index (κ2) is 3.55. The number of sulfone groups is 1. The Kier molecular flexibility index (Phi) is 2.49. The van der Waals surface area contributed by atoms with E-state index in [4.69, 9.17) is 0 Å². The summed E-state index contributed by atoms with van der Waals surface area (Å²) in [7, 11) is -1.70. The zero-order chi connectivity index (χ0) is 11.1. The predicted molar refractivity (Wildman–Crippen MR) is 53.1 cm³/mol. The number of halogens is 1. The van der Waals surface area contributed by atoms with Crippen molar-refractivity contribution in [3.05, 3.63) is 30.1 Å². The highest BCUT2D eigenvalue weighted by Crippen LogP contribution is 2.19. The van der Waals surface area contributed by atoms with Gasteiger partial charge in [0.1, 0.15) is 11.2 Å². The molecule has 1 fully saturated rings. The third-order valence-electron chi connectivity index (χ3n) is 2.30. The summed E-state index contributed by atoms with van der Waals surface area (Å²) in [4.78, 5) is 0.0214. The Morgan fingerprint density at radius 2 is 2.20 bits per heavy atom. The fourth-order valence-electron chi connectivity index (χ4n) is 1.45. The van der Waals surface area contributed by atoms with E-state index >= 15 is 0 Å². The van der Waals surface area contributed by atoms with Gasteiger partial charge < -0.3 is 0 Å². The Bertz CT molecular complexity index is 469. The first-order chi connectivity index (χ1) is 7.00. The van der Waals surface area contributed by atoms with Gasteiger partial charge in [0, 0.05) is 13.6 Å². The van der Waals surface area contributed by atoms with Crippen molar-refractivity contribution in [2.75, 3.05) is 13.6 Å². The van der Waals surface area contributed by atoms with E-state index in [1.165, 1.54) is 18.2 Å². The minimum absolute atomic E-state index is 0.0214. The van der Waals surface area contributed by atoms with Gasteiger partial charge in [-0.1, -0.05) is 6.07 Å². The lowest BCUT2D eigenvalue weighted by Crippen LogP contribution is -2.62. The molecule has 0 aliphatic carbocycles. The lowest BCUT2D eigenvalue weighted by Gasteiger charge is -2.36. The number of benzene rings is 1. The number of nitrogens with zero attached hydrogens (tertiary/aromatic N) is 1. The average molecular weight is 230 g/mol. The van der Waals surface area contributed by atoms with Crippen LogP contribution in [0.25, 0.3) is 0 Å². The first-order valence-corrected chi connectivity index (χ1v) is 6.01. The van der Waals surface area contributed by atoms with E-state index in [0.29, 0.717) is 6.54 Å². The monoisotopic (exact) mass is 230 g/mol. The molecule has 0 saturated carbocycles. The van der Waals surface area contributed by atoms with Crippen molar-refractivity contribution in [3.8, 4) is 0 Å². The van der Waals surface area contributed by atoms with Gasteiger partial charge in [0.15, 0.2) is 9.84 Å². The number of nitrogens with one attached hydrogen (secondary N) is 1. The van der Waals surface area contributed by atoms with E-state index < -0.39 is 21.0 Å². The molecule has 0 aromatic heterocycles. The summed E-state index contributed by atoms with van der Waals surface area (Å²) in [6.45, 7) is 0.416. The van der Waals surface area contributed by atoms with Gasteiger partial charge in [-0.05, 0) is 18.2 Å². The fraction of sp³-hybridized carbons (Fsp3) is 0.333. The van der Waals surface area contributed by atoms with Crippen molar-refractivity contribution in [1.82, 2.24) is 10.4 Å². The maximum atomic E-state index is 12.9. The maximum absolute atomic E-state index is 12.9. The summed E-state index contributed by atoms with van der Waals surface area (Å²) < 4.78 is 36.6. The SMILES string of the molecule is CN1CC(S(=O)(=O)c2cccc(F)c2)N1. The van der Waals surface area contributed by atoms with Crippen LogP contribution in [0.15, 0.2) is 29.2 Å². The van der Waals surface area contributed by atoms with Gasteiger partial charge in [-0.15, -0.1) is 0 Å². The molecular weight excluding hydrogens is 219 g/mol. The quantitative estimate of drug-likeness (QED) is 0.797. The van der Waals surface area contributed by atoms with Gasteiger partial charge in [-0.25, -0.2) is 23.2 Å². The zero-order valence-electron chi connectivity index (χ0n) is 8.14. The number of likely N-dealkylation sites (N-methyl/N-ethyl adjacent to an activating group) is 1. The van der Waals surface area contributed by atoms with Gasteiger partial charge in [0.2, 0.25) is 0 Å². The number of hydrogen-bond donors (Lipinski definition) is 1. The Hall–Kier alpha value is -0.980. The normalized spacial score (nSPS) is 22.4. The molecule has 1 aliphatic heterocycles. The molecular formula is C9H11FN2O2S. The van der Waals surface area contributed by atoms with Crippen LogP contribution >= 0.6 is 0 Å². The molecule has 0 spiro atoms. The molecule has 1 heterocycles. The van der Waals surface area contributed by atoms with Crippen molar-refractivity contribution in [2.24, 2.45) is 0 Å². The van der Waals surface area contributed by atoms with Crippen LogP contribution < -0.4 is 5.43 Å². The van der Waals surface area contributed by atoms with Crippen molar-refractivity contribution in [2.45, 2.75) is 10.3 Å². The zero-order valence-corrected chi connectivity index (χ0v) is 8.96. The van der Waals surface area contributed by atoms with E-state index in [9.17, 15) is 12.8 Å². The maximum Gasteiger partial charge on any atom is 0.196 e. The topological polar surface area (TPSA) is 49.4 Å². The standard InChI is InChI=1S/C9H11FN2O2S/c1-12-6-9(11-12)15(13,14)8-4-2-3-7(10)5-8/h2-5,9,11H,6H2,1H3. The first-order valence-electron chi connectivity index (χ1n) is 4.47. The molecule has 1 N–H and O–H groups in total.